The van der Waals surface area contributed by atoms with Gasteiger partial charge in [-0.2, -0.15) is 12.6 Å². The first kappa shape index (κ1) is 27.9. The minimum absolute atomic E-state index is 0.104. The molecule has 184 valence electrons. The van der Waals surface area contributed by atoms with Gasteiger partial charge in [0.15, 0.2) is 0 Å². The fraction of sp³-hybridized carbons (Fsp3) is 0.579. The second-order valence-corrected chi connectivity index (χ2v) is 8.06. The van der Waals surface area contributed by atoms with Crippen LogP contribution in [-0.4, -0.2) is 79.8 Å². The van der Waals surface area contributed by atoms with Crippen LogP contribution in [0.3, 0.4) is 0 Å². The minimum Gasteiger partial charge on any atom is -0.481 e. The van der Waals surface area contributed by atoms with Crippen molar-refractivity contribution in [1.29, 1.82) is 0 Å². The van der Waals surface area contributed by atoms with Crippen LogP contribution in [0, 0.1) is 5.92 Å². The summed E-state index contributed by atoms with van der Waals surface area (Å²) in [5, 5.41) is 25.3. The molecule has 0 saturated heterocycles. The number of hydrogen-bond acceptors (Lipinski definition) is 8. The fourth-order valence-corrected chi connectivity index (χ4v) is 3.03. The third-order valence-electron chi connectivity index (χ3n) is 4.66. The number of thiol groups is 1. The van der Waals surface area contributed by atoms with Crippen LogP contribution in [0.15, 0.2) is 12.5 Å². The zero-order valence-electron chi connectivity index (χ0n) is 18.3. The Bertz CT molecular complexity index is 833. The van der Waals surface area contributed by atoms with Crippen molar-refractivity contribution >= 4 is 42.3 Å². The van der Waals surface area contributed by atoms with Gasteiger partial charge in [0.2, 0.25) is 17.7 Å². The number of carboxylic acids is 2. The second-order valence-electron chi connectivity index (χ2n) is 7.69. The van der Waals surface area contributed by atoms with Crippen molar-refractivity contribution in [3.05, 3.63) is 18.2 Å². The highest BCUT2D eigenvalue weighted by molar-refractivity contribution is 7.80. The molecule has 3 amide bonds. The van der Waals surface area contributed by atoms with Crippen molar-refractivity contribution in [2.24, 2.45) is 11.7 Å². The molecular weight excluding hydrogens is 456 g/mol. The van der Waals surface area contributed by atoms with Crippen LogP contribution in [-0.2, 0) is 30.4 Å². The summed E-state index contributed by atoms with van der Waals surface area (Å²) in [6.07, 6.45) is 2.32. The topological polar surface area (TPSA) is 217 Å². The van der Waals surface area contributed by atoms with Gasteiger partial charge in [0, 0.05) is 30.5 Å². The van der Waals surface area contributed by atoms with Gasteiger partial charge in [-0.25, -0.2) is 9.78 Å². The maximum atomic E-state index is 12.8. The number of carbonyl (C=O) groups is 5. The molecule has 1 aromatic rings. The van der Waals surface area contributed by atoms with Crippen molar-refractivity contribution in [3.8, 4) is 0 Å². The molecule has 0 spiro atoms. The van der Waals surface area contributed by atoms with E-state index in [0.29, 0.717) is 5.69 Å². The van der Waals surface area contributed by atoms with Gasteiger partial charge in [0.05, 0.1) is 12.4 Å². The minimum atomic E-state index is -1.29. The first-order valence-electron chi connectivity index (χ1n) is 10.2. The molecule has 0 aliphatic carbocycles. The maximum Gasteiger partial charge on any atom is 0.326 e. The van der Waals surface area contributed by atoms with E-state index in [-0.39, 0.29) is 18.6 Å². The summed E-state index contributed by atoms with van der Waals surface area (Å²) in [4.78, 5) is 66.6. The Balaban J connectivity index is 2.86. The van der Waals surface area contributed by atoms with E-state index in [2.05, 4.69) is 38.5 Å². The molecular formula is C19H30N6O7S. The molecule has 13 nitrogen and oxygen atoms in total. The van der Waals surface area contributed by atoms with E-state index >= 15 is 0 Å². The summed E-state index contributed by atoms with van der Waals surface area (Å²) in [6.45, 7) is 3.22. The number of nitrogens with one attached hydrogen (secondary N) is 4. The monoisotopic (exact) mass is 486 g/mol. The van der Waals surface area contributed by atoms with Gasteiger partial charge in [-0.1, -0.05) is 13.8 Å². The Morgan fingerprint density at radius 2 is 1.67 bits per heavy atom. The van der Waals surface area contributed by atoms with Gasteiger partial charge in [0.25, 0.3) is 0 Å². The summed E-state index contributed by atoms with van der Waals surface area (Å²) >= 11 is 4.03. The fourth-order valence-electron chi connectivity index (χ4n) is 2.78. The van der Waals surface area contributed by atoms with Gasteiger partial charge < -0.3 is 36.9 Å². The lowest BCUT2D eigenvalue weighted by Gasteiger charge is -2.25. The highest BCUT2D eigenvalue weighted by Crippen LogP contribution is 2.05. The van der Waals surface area contributed by atoms with Crippen LogP contribution in [0.4, 0.5) is 0 Å². The quantitative estimate of drug-likeness (QED) is 0.140. The molecule has 8 N–H and O–H groups in total. The first-order chi connectivity index (χ1) is 15.5. The average Bonchev–Trinajstić information content (AvgIpc) is 3.24. The number of aromatic amines is 1. The number of nitrogens with zero attached hydrogens (tertiary/aromatic N) is 1. The lowest BCUT2D eigenvalue weighted by Crippen LogP contribution is -2.58. The number of carboxylic acid groups (broad SMARTS) is 2. The number of rotatable bonds is 14. The number of aliphatic carboxylic acids is 2. The molecule has 4 atom stereocenters. The zero-order valence-corrected chi connectivity index (χ0v) is 19.2. The molecule has 0 bridgehead atoms. The van der Waals surface area contributed by atoms with E-state index in [4.69, 9.17) is 10.8 Å². The average molecular weight is 487 g/mol. The van der Waals surface area contributed by atoms with Crippen LogP contribution in [0.25, 0.3) is 0 Å². The van der Waals surface area contributed by atoms with E-state index in [0.717, 1.165) is 0 Å². The highest BCUT2D eigenvalue weighted by Gasteiger charge is 2.31. The Morgan fingerprint density at radius 1 is 1.06 bits per heavy atom. The molecule has 0 saturated carbocycles. The molecule has 0 aliphatic heterocycles. The van der Waals surface area contributed by atoms with Crippen molar-refractivity contribution in [3.63, 3.8) is 0 Å². The van der Waals surface area contributed by atoms with Crippen LogP contribution < -0.4 is 21.7 Å². The van der Waals surface area contributed by atoms with Crippen molar-refractivity contribution in [2.75, 3.05) is 5.75 Å². The molecule has 1 rings (SSSR count). The molecule has 33 heavy (non-hydrogen) atoms. The number of aromatic nitrogens is 2. The molecule has 0 aliphatic rings. The third-order valence-corrected chi connectivity index (χ3v) is 5.02. The smallest absolute Gasteiger partial charge is 0.326 e. The molecule has 1 aromatic heterocycles. The first-order valence-corrected chi connectivity index (χ1v) is 10.8. The van der Waals surface area contributed by atoms with E-state index in [1.807, 2.05) is 0 Å². The standard InChI is InChI=1S/C19H30N6O7S/c1-9(2)15(19(31)32)25-18(30)13(7-33)24-17(29)12(3-4-14(26)27)23-16(28)11(20)5-10-6-21-8-22-10/h6,8-9,11-13,15,33H,3-5,7,20H2,1-2H3,(H,21,22)(H,23,28)(H,24,29)(H,25,30)(H,26,27)(H,31,32). The van der Waals surface area contributed by atoms with E-state index in [9.17, 15) is 29.1 Å². The normalized spacial score (nSPS) is 14.6. The maximum absolute atomic E-state index is 12.8. The van der Waals surface area contributed by atoms with E-state index in [1.54, 1.807) is 13.8 Å². The van der Waals surface area contributed by atoms with Gasteiger partial charge in [-0.15, -0.1) is 0 Å². The SMILES string of the molecule is CC(C)C(NC(=O)C(CS)NC(=O)C(CCC(=O)O)NC(=O)C(N)Cc1cnc[nH]1)C(=O)O. The van der Waals surface area contributed by atoms with Crippen LogP contribution >= 0.6 is 12.6 Å². The van der Waals surface area contributed by atoms with Gasteiger partial charge >= 0.3 is 11.9 Å². The molecule has 0 fully saturated rings. The van der Waals surface area contributed by atoms with E-state index in [1.165, 1.54) is 12.5 Å². The van der Waals surface area contributed by atoms with Gasteiger partial charge in [-0.3, -0.25) is 19.2 Å². The summed E-state index contributed by atoms with van der Waals surface area (Å²) in [7, 11) is 0. The summed E-state index contributed by atoms with van der Waals surface area (Å²) in [5.41, 5.74) is 6.45. The Hall–Kier alpha value is -3.13. The second kappa shape index (κ2) is 13.4. The molecule has 0 aromatic carbocycles. The summed E-state index contributed by atoms with van der Waals surface area (Å²) in [6, 6.07) is -4.74. The molecule has 0 radical (unpaired) electrons. The zero-order chi connectivity index (χ0) is 25.1. The molecule has 1 heterocycles. The highest BCUT2D eigenvalue weighted by atomic mass is 32.1. The Labute approximate surface area is 195 Å². The van der Waals surface area contributed by atoms with Crippen LogP contribution in [0.2, 0.25) is 0 Å². The van der Waals surface area contributed by atoms with Crippen molar-refractivity contribution in [1.82, 2.24) is 25.9 Å². The van der Waals surface area contributed by atoms with Crippen molar-refractivity contribution < 1.29 is 34.2 Å². The summed E-state index contributed by atoms with van der Waals surface area (Å²) in [5.74, 6) is -5.31. The lowest BCUT2D eigenvalue weighted by atomic mass is 10.0. The predicted octanol–water partition coefficient (Wildman–Crippen LogP) is -1.73. The number of H-pyrrole nitrogens is 1. The number of carbonyl (C=O) groups excluding carboxylic acids is 3. The Morgan fingerprint density at radius 3 is 2.15 bits per heavy atom. The number of hydrogen-bond donors (Lipinski definition) is 8. The van der Waals surface area contributed by atoms with Gasteiger partial charge in [-0.05, 0) is 12.3 Å². The third kappa shape index (κ3) is 9.49. The molecule has 4 unspecified atom stereocenters. The lowest BCUT2D eigenvalue weighted by molar-refractivity contribution is -0.143. The predicted molar refractivity (Wildman–Crippen MR) is 119 cm³/mol. The summed E-state index contributed by atoms with van der Waals surface area (Å²) < 4.78 is 0. The number of imidazole rings is 1. The number of nitrogens with two attached hydrogens (primary N) is 1. The van der Waals surface area contributed by atoms with Crippen molar-refractivity contribution in [2.45, 2.75) is 57.3 Å². The van der Waals surface area contributed by atoms with E-state index < -0.39 is 66.2 Å². The number of amides is 3. The van der Waals surface area contributed by atoms with Gasteiger partial charge in [0.1, 0.15) is 18.1 Å². The molecule has 14 heteroatoms. The van der Waals surface area contributed by atoms with Crippen LogP contribution in [0.1, 0.15) is 32.4 Å². The largest absolute Gasteiger partial charge is 0.481 e. The Kier molecular flexibility index (Phi) is 11.4. The van der Waals surface area contributed by atoms with Crippen LogP contribution in [0.5, 0.6) is 0 Å².